The van der Waals surface area contributed by atoms with E-state index >= 15 is 0 Å². The molecule has 9 heteroatoms. The minimum atomic E-state index is -1.15. The molecule has 1 aliphatic carbocycles. The van der Waals surface area contributed by atoms with Crippen molar-refractivity contribution < 1.29 is 28.6 Å². The van der Waals surface area contributed by atoms with E-state index < -0.39 is 35.5 Å². The van der Waals surface area contributed by atoms with Gasteiger partial charge in [-0.3, -0.25) is 19.5 Å². The monoisotopic (exact) mass is 539 g/mol. The predicted molar refractivity (Wildman–Crippen MR) is 147 cm³/mol. The second-order valence-corrected chi connectivity index (χ2v) is 9.49. The number of hydrogen-bond donors (Lipinski definition) is 1. The van der Waals surface area contributed by atoms with Crippen molar-refractivity contribution in [1.29, 1.82) is 0 Å². The van der Waals surface area contributed by atoms with Crippen molar-refractivity contribution in [3.8, 4) is 5.75 Å². The molecule has 3 atom stereocenters. The molecule has 2 N–H and O–H groups in total. The summed E-state index contributed by atoms with van der Waals surface area (Å²) in [5.74, 6) is -3.59. The third kappa shape index (κ3) is 4.49. The summed E-state index contributed by atoms with van der Waals surface area (Å²) in [6.07, 6.45) is 3.45. The molecule has 0 fully saturated rings. The van der Waals surface area contributed by atoms with Crippen LogP contribution in [0.4, 0.5) is 5.69 Å². The average Bonchev–Trinajstić information content (AvgIpc) is 3.00. The number of carbonyl (C=O) groups is 3. The predicted octanol–water partition coefficient (Wildman–Crippen LogP) is 3.84. The van der Waals surface area contributed by atoms with E-state index in [2.05, 4.69) is 4.98 Å². The fraction of sp³-hybridized carbons (Fsp3) is 0.226. The molecule has 2 aromatic carbocycles. The largest absolute Gasteiger partial charge is 0.497 e. The zero-order chi connectivity index (χ0) is 28.4. The van der Waals surface area contributed by atoms with Gasteiger partial charge in [-0.25, -0.2) is 4.79 Å². The Kier molecular flexibility index (Phi) is 7.37. The highest BCUT2D eigenvalue weighted by Crippen LogP contribution is 2.51. The number of carbonyl (C=O) groups excluding carboxylic acids is 3. The van der Waals surface area contributed by atoms with Crippen LogP contribution in [0.25, 0.3) is 0 Å². The quantitative estimate of drug-likeness (QED) is 0.368. The fourth-order valence-corrected chi connectivity index (χ4v) is 5.65. The number of ketones is 1. The highest BCUT2D eigenvalue weighted by molar-refractivity contribution is 6.14. The highest BCUT2D eigenvalue weighted by atomic mass is 16.5. The number of pyridine rings is 1. The van der Waals surface area contributed by atoms with Crippen LogP contribution >= 0.6 is 0 Å². The van der Waals surface area contributed by atoms with Crippen LogP contribution in [0.3, 0.4) is 0 Å². The van der Waals surface area contributed by atoms with E-state index in [1.165, 1.54) is 14.2 Å². The van der Waals surface area contributed by atoms with Gasteiger partial charge < -0.3 is 19.9 Å². The van der Waals surface area contributed by atoms with E-state index in [4.69, 9.17) is 19.9 Å². The molecule has 0 saturated carbocycles. The van der Waals surface area contributed by atoms with Crippen molar-refractivity contribution in [1.82, 2.24) is 4.98 Å². The normalized spacial score (nSPS) is 20.6. The summed E-state index contributed by atoms with van der Waals surface area (Å²) in [7, 11) is 4.09. The van der Waals surface area contributed by atoms with Gasteiger partial charge in [0.15, 0.2) is 5.78 Å². The zero-order valence-electron chi connectivity index (χ0n) is 22.4. The van der Waals surface area contributed by atoms with Crippen molar-refractivity contribution in [2.24, 2.45) is 11.7 Å². The first-order valence-corrected chi connectivity index (χ1v) is 12.7. The summed E-state index contributed by atoms with van der Waals surface area (Å²) >= 11 is 0. The molecule has 0 spiro atoms. The Hall–Kier alpha value is -4.92. The van der Waals surface area contributed by atoms with E-state index in [0.29, 0.717) is 22.7 Å². The average molecular weight is 540 g/mol. The van der Waals surface area contributed by atoms with Crippen LogP contribution in [0.15, 0.2) is 102 Å². The number of ether oxygens (including phenoxy) is 3. The van der Waals surface area contributed by atoms with Gasteiger partial charge in [0.25, 0.3) is 0 Å². The topological polar surface area (TPSA) is 121 Å². The van der Waals surface area contributed by atoms with E-state index in [-0.39, 0.29) is 23.4 Å². The highest BCUT2D eigenvalue weighted by Gasteiger charge is 2.51. The molecule has 1 aliphatic heterocycles. The SMILES string of the molecule is COC(=O)C1=C(N)N(c2ccccc2)C2=C(C(=O)[C@H](C(=O)OC)[C@H](c3ccc(OC)cc3)C2)[C@H]1c1cccnc1. The van der Waals surface area contributed by atoms with Crippen LogP contribution in [0, 0.1) is 5.92 Å². The summed E-state index contributed by atoms with van der Waals surface area (Å²) in [5, 5.41) is 0. The summed E-state index contributed by atoms with van der Waals surface area (Å²) < 4.78 is 15.6. The Morgan fingerprint density at radius 2 is 1.65 bits per heavy atom. The van der Waals surface area contributed by atoms with Crippen molar-refractivity contribution in [3.05, 3.63) is 113 Å². The van der Waals surface area contributed by atoms with Gasteiger partial charge in [0.2, 0.25) is 0 Å². The lowest BCUT2D eigenvalue weighted by Gasteiger charge is -2.44. The van der Waals surface area contributed by atoms with Gasteiger partial charge in [-0.1, -0.05) is 36.4 Å². The number of aromatic nitrogens is 1. The number of methoxy groups -OCH3 is 3. The maximum Gasteiger partial charge on any atom is 0.338 e. The Balaban J connectivity index is 1.79. The third-order valence-electron chi connectivity index (χ3n) is 7.48. The smallest absolute Gasteiger partial charge is 0.338 e. The summed E-state index contributed by atoms with van der Waals surface area (Å²) in [5.41, 5.74) is 9.76. The lowest BCUT2D eigenvalue weighted by molar-refractivity contribution is -0.150. The molecule has 3 aromatic rings. The lowest BCUT2D eigenvalue weighted by atomic mass is 9.67. The minimum absolute atomic E-state index is 0.0953. The Morgan fingerprint density at radius 1 is 0.925 bits per heavy atom. The third-order valence-corrected chi connectivity index (χ3v) is 7.48. The molecule has 0 saturated heterocycles. The number of anilines is 1. The maximum atomic E-state index is 14.5. The van der Waals surface area contributed by atoms with Gasteiger partial charge in [-0.15, -0.1) is 0 Å². The molecule has 1 aromatic heterocycles. The number of esters is 2. The van der Waals surface area contributed by atoms with Gasteiger partial charge in [-0.2, -0.15) is 0 Å². The van der Waals surface area contributed by atoms with Crippen molar-refractivity contribution in [2.45, 2.75) is 18.3 Å². The van der Waals surface area contributed by atoms with E-state index in [9.17, 15) is 14.4 Å². The molecule has 5 rings (SSSR count). The number of nitrogens with two attached hydrogens (primary N) is 1. The minimum Gasteiger partial charge on any atom is -0.497 e. The van der Waals surface area contributed by atoms with E-state index in [1.807, 2.05) is 42.5 Å². The molecular weight excluding hydrogens is 510 g/mol. The Bertz CT molecular complexity index is 1500. The van der Waals surface area contributed by atoms with Gasteiger partial charge >= 0.3 is 11.9 Å². The molecule has 0 bridgehead atoms. The van der Waals surface area contributed by atoms with Gasteiger partial charge in [0, 0.05) is 35.3 Å². The van der Waals surface area contributed by atoms with Crippen molar-refractivity contribution in [2.75, 3.05) is 26.2 Å². The van der Waals surface area contributed by atoms with Crippen molar-refractivity contribution >= 4 is 23.4 Å². The Morgan fingerprint density at radius 3 is 2.25 bits per heavy atom. The fourth-order valence-electron chi connectivity index (χ4n) is 5.65. The first-order chi connectivity index (χ1) is 19.4. The number of rotatable bonds is 6. The molecule has 0 radical (unpaired) electrons. The van der Waals surface area contributed by atoms with Crippen LogP contribution < -0.4 is 15.4 Å². The van der Waals surface area contributed by atoms with Crippen LogP contribution in [-0.4, -0.2) is 44.0 Å². The number of nitrogens with zero attached hydrogens (tertiary/aromatic N) is 2. The number of Topliss-reactive ketones (excluding diaryl/α,β-unsaturated/α-hetero) is 1. The zero-order valence-corrected chi connectivity index (χ0v) is 22.4. The van der Waals surface area contributed by atoms with Crippen LogP contribution in [0.5, 0.6) is 5.75 Å². The first kappa shape index (κ1) is 26.7. The second kappa shape index (κ2) is 11.1. The first-order valence-electron chi connectivity index (χ1n) is 12.7. The van der Waals surface area contributed by atoms with E-state index in [0.717, 1.165) is 5.56 Å². The summed E-state index contributed by atoms with van der Waals surface area (Å²) in [6.45, 7) is 0. The number of para-hydroxylation sites is 1. The molecule has 0 amide bonds. The van der Waals surface area contributed by atoms with Crippen LogP contribution in [-0.2, 0) is 23.9 Å². The summed E-state index contributed by atoms with van der Waals surface area (Å²) in [4.78, 5) is 47.0. The molecule has 2 heterocycles. The number of benzene rings is 2. The molecule has 2 aliphatic rings. The standard InChI is InChI=1S/C31H29N3O6/c1-38-21-13-11-18(12-14-21)22-16-23-26(28(35)25(22)30(36)39-2)24(19-8-7-15-33-17-19)27(31(37)40-3)29(32)34(23)20-9-5-4-6-10-20/h4-15,17,22,24-25H,16,32H2,1-3H3/t22-,24+,25+/m0/s1. The van der Waals surface area contributed by atoms with Gasteiger partial charge in [0.05, 0.1) is 32.8 Å². The van der Waals surface area contributed by atoms with Crippen LogP contribution in [0.2, 0.25) is 0 Å². The Labute approximate surface area is 231 Å². The van der Waals surface area contributed by atoms with Crippen molar-refractivity contribution in [3.63, 3.8) is 0 Å². The summed E-state index contributed by atoms with van der Waals surface area (Å²) in [6, 6.07) is 20.0. The number of allylic oxidation sites excluding steroid dienone is 2. The molecule has 204 valence electrons. The second-order valence-electron chi connectivity index (χ2n) is 9.49. The van der Waals surface area contributed by atoms with E-state index in [1.54, 1.807) is 48.7 Å². The van der Waals surface area contributed by atoms with Gasteiger partial charge in [0.1, 0.15) is 17.5 Å². The molecule has 0 unspecified atom stereocenters. The molecule has 9 nitrogen and oxygen atoms in total. The van der Waals surface area contributed by atoms with Crippen LogP contribution in [0.1, 0.15) is 29.4 Å². The molecule has 40 heavy (non-hydrogen) atoms. The molecular formula is C31H29N3O6. The number of hydrogen-bond acceptors (Lipinski definition) is 9. The van der Waals surface area contributed by atoms with Gasteiger partial charge in [-0.05, 0) is 47.9 Å². The maximum absolute atomic E-state index is 14.5. The lowest BCUT2D eigenvalue weighted by Crippen LogP contribution is -2.46.